The minimum Gasteiger partial charge on any atom is -0.549 e. The summed E-state index contributed by atoms with van der Waals surface area (Å²) in [4.78, 5) is 12.9. The second-order valence-corrected chi connectivity index (χ2v) is 8.03. The van der Waals surface area contributed by atoms with Crippen molar-refractivity contribution in [2.75, 3.05) is 20.1 Å². The van der Waals surface area contributed by atoms with Gasteiger partial charge in [0.25, 0.3) is 0 Å². The summed E-state index contributed by atoms with van der Waals surface area (Å²) in [6, 6.07) is 26.7. The molecular formula is C26H26NNaO3. The van der Waals surface area contributed by atoms with Gasteiger partial charge in [-0.1, -0.05) is 54.6 Å². The minimum absolute atomic E-state index is 0. The summed E-state index contributed by atoms with van der Waals surface area (Å²) in [6.45, 7) is 0.671. The molecule has 154 valence electrons. The molecule has 5 heteroatoms. The molecule has 0 saturated heterocycles. The van der Waals surface area contributed by atoms with E-state index in [1.54, 1.807) is 0 Å². The fourth-order valence-electron chi connectivity index (χ4n) is 4.55. The molecule has 3 aromatic rings. The molecule has 0 spiro atoms. The molecule has 0 fully saturated rings. The van der Waals surface area contributed by atoms with Gasteiger partial charge in [0.1, 0.15) is 11.5 Å². The maximum absolute atomic E-state index is 11.0. The summed E-state index contributed by atoms with van der Waals surface area (Å²) >= 11 is 0. The van der Waals surface area contributed by atoms with Crippen LogP contribution in [0.15, 0.2) is 78.9 Å². The van der Waals surface area contributed by atoms with Gasteiger partial charge in [-0.15, -0.1) is 0 Å². The first kappa shape index (κ1) is 23.6. The standard InChI is InChI=1S/C26H27NO3.Na/c1-27(18-25(28)29)17-21-13-12-20-16-23(30-22-10-6-3-7-11-22)14-15-24(20)26(21)19-8-4-2-5-9-19;/h2-11,14-16,21,26H,12-13,17-18H2,1H3,(H,28,29);/q;+1/p-1. The molecule has 0 radical (unpaired) electrons. The van der Waals surface area contributed by atoms with Gasteiger partial charge in [0, 0.05) is 19.0 Å². The number of carboxylic acids is 1. The normalized spacial score (nSPS) is 17.5. The van der Waals surface area contributed by atoms with Gasteiger partial charge >= 0.3 is 29.6 Å². The molecule has 1 aliphatic rings. The topological polar surface area (TPSA) is 52.6 Å². The predicted octanol–water partition coefficient (Wildman–Crippen LogP) is 0.859. The van der Waals surface area contributed by atoms with Crippen LogP contribution in [0.2, 0.25) is 0 Å². The Morgan fingerprint density at radius 3 is 2.35 bits per heavy atom. The molecule has 31 heavy (non-hydrogen) atoms. The second-order valence-electron chi connectivity index (χ2n) is 8.03. The number of carbonyl (C=O) groups excluding carboxylic acids is 1. The SMILES string of the molecule is CN(CC(=O)[O-])CC1CCc2cc(Oc3ccccc3)ccc2C1c1ccccc1.[Na+]. The van der Waals surface area contributed by atoms with Crippen LogP contribution in [0.1, 0.15) is 29.0 Å². The Hall–Kier alpha value is -2.11. The number of carbonyl (C=O) groups is 1. The molecule has 2 atom stereocenters. The quantitative estimate of drug-likeness (QED) is 0.529. The largest absolute Gasteiger partial charge is 1.00 e. The van der Waals surface area contributed by atoms with E-state index in [1.165, 1.54) is 16.7 Å². The molecule has 0 amide bonds. The first-order valence-corrected chi connectivity index (χ1v) is 10.4. The molecule has 0 aromatic heterocycles. The second kappa shape index (κ2) is 11.0. The summed E-state index contributed by atoms with van der Waals surface area (Å²) in [7, 11) is 1.85. The Morgan fingerprint density at radius 2 is 1.68 bits per heavy atom. The third-order valence-electron chi connectivity index (χ3n) is 5.79. The van der Waals surface area contributed by atoms with Crippen LogP contribution >= 0.6 is 0 Å². The van der Waals surface area contributed by atoms with E-state index in [-0.39, 0.29) is 42.0 Å². The number of aliphatic carboxylic acids is 1. The summed E-state index contributed by atoms with van der Waals surface area (Å²) in [5.74, 6) is 1.21. The van der Waals surface area contributed by atoms with Crippen LogP contribution in [0.25, 0.3) is 0 Å². The van der Waals surface area contributed by atoms with Crippen molar-refractivity contribution < 1.29 is 44.2 Å². The first-order valence-electron chi connectivity index (χ1n) is 10.4. The van der Waals surface area contributed by atoms with E-state index in [0.717, 1.165) is 30.9 Å². The maximum Gasteiger partial charge on any atom is 1.00 e. The molecule has 3 aromatic carbocycles. The van der Waals surface area contributed by atoms with Gasteiger partial charge in [-0.3, -0.25) is 0 Å². The number of nitrogens with zero attached hydrogens (tertiary/aromatic N) is 1. The molecule has 4 nitrogen and oxygen atoms in total. The monoisotopic (exact) mass is 423 g/mol. The van der Waals surface area contributed by atoms with E-state index < -0.39 is 5.97 Å². The first-order chi connectivity index (χ1) is 14.6. The van der Waals surface area contributed by atoms with E-state index in [1.807, 2.05) is 54.4 Å². The van der Waals surface area contributed by atoms with Crippen molar-refractivity contribution in [1.29, 1.82) is 0 Å². The Labute approximate surface area is 206 Å². The fraction of sp³-hybridized carbons (Fsp3) is 0.269. The van der Waals surface area contributed by atoms with E-state index >= 15 is 0 Å². The number of hydrogen-bond donors (Lipinski definition) is 0. The van der Waals surface area contributed by atoms with E-state index in [2.05, 4.69) is 36.4 Å². The zero-order valence-electron chi connectivity index (χ0n) is 18.2. The molecule has 0 aliphatic heterocycles. The van der Waals surface area contributed by atoms with Crippen molar-refractivity contribution in [3.63, 3.8) is 0 Å². The van der Waals surface area contributed by atoms with Gasteiger partial charge in [-0.2, -0.15) is 0 Å². The average Bonchev–Trinajstić information content (AvgIpc) is 2.74. The van der Waals surface area contributed by atoms with Crippen LogP contribution in [-0.4, -0.2) is 31.0 Å². The third kappa shape index (κ3) is 5.98. The van der Waals surface area contributed by atoms with E-state index in [0.29, 0.717) is 5.92 Å². The number of likely N-dealkylation sites (N-methyl/N-ethyl adjacent to an activating group) is 1. The van der Waals surface area contributed by atoms with E-state index in [9.17, 15) is 9.90 Å². The van der Waals surface area contributed by atoms with Crippen molar-refractivity contribution in [1.82, 2.24) is 4.90 Å². The molecular weight excluding hydrogens is 397 g/mol. The predicted molar refractivity (Wildman–Crippen MR) is 116 cm³/mol. The smallest absolute Gasteiger partial charge is 0.549 e. The third-order valence-corrected chi connectivity index (χ3v) is 5.79. The minimum atomic E-state index is -1.03. The molecule has 0 bridgehead atoms. The number of rotatable bonds is 7. The number of benzene rings is 3. The molecule has 4 rings (SSSR count). The Kier molecular flexibility index (Phi) is 8.33. The van der Waals surface area contributed by atoms with Crippen LogP contribution in [-0.2, 0) is 11.2 Å². The molecule has 2 unspecified atom stereocenters. The maximum atomic E-state index is 11.0. The van der Waals surface area contributed by atoms with Gasteiger partial charge < -0.3 is 19.5 Å². The summed E-state index contributed by atoms with van der Waals surface area (Å²) in [5, 5.41) is 11.0. The van der Waals surface area contributed by atoms with Crippen LogP contribution in [0.3, 0.4) is 0 Å². The van der Waals surface area contributed by atoms with Gasteiger partial charge in [-0.25, -0.2) is 0 Å². The Morgan fingerprint density at radius 1 is 1.00 bits per heavy atom. The Balaban J connectivity index is 0.00000272. The van der Waals surface area contributed by atoms with Crippen molar-refractivity contribution in [2.24, 2.45) is 5.92 Å². The molecule has 0 heterocycles. The number of fused-ring (bicyclic) bond motifs is 1. The number of ether oxygens (including phenoxy) is 1. The summed E-state index contributed by atoms with van der Waals surface area (Å²) < 4.78 is 6.04. The number of carboxylic acid groups (broad SMARTS) is 1. The summed E-state index contributed by atoms with van der Waals surface area (Å²) in [5.41, 5.74) is 3.87. The van der Waals surface area contributed by atoms with Crippen molar-refractivity contribution in [3.05, 3.63) is 95.6 Å². The molecule has 1 aliphatic carbocycles. The zero-order chi connectivity index (χ0) is 20.9. The van der Waals surface area contributed by atoms with Crippen LogP contribution in [0.5, 0.6) is 11.5 Å². The van der Waals surface area contributed by atoms with Crippen molar-refractivity contribution in [3.8, 4) is 11.5 Å². The van der Waals surface area contributed by atoms with Crippen molar-refractivity contribution in [2.45, 2.75) is 18.8 Å². The van der Waals surface area contributed by atoms with Gasteiger partial charge in [0.2, 0.25) is 0 Å². The van der Waals surface area contributed by atoms with Crippen LogP contribution in [0.4, 0.5) is 0 Å². The van der Waals surface area contributed by atoms with E-state index in [4.69, 9.17) is 4.74 Å². The molecule has 0 N–H and O–H groups in total. The number of aryl methyl sites for hydroxylation is 1. The number of hydrogen-bond acceptors (Lipinski definition) is 4. The molecule has 0 saturated carbocycles. The summed E-state index contributed by atoms with van der Waals surface area (Å²) in [6.07, 6.45) is 1.95. The number of para-hydroxylation sites is 1. The van der Waals surface area contributed by atoms with Gasteiger partial charge in [0.15, 0.2) is 0 Å². The van der Waals surface area contributed by atoms with Gasteiger partial charge in [0.05, 0.1) is 5.97 Å². The van der Waals surface area contributed by atoms with Crippen molar-refractivity contribution >= 4 is 5.97 Å². The fourth-order valence-corrected chi connectivity index (χ4v) is 4.55. The van der Waals surface area contributed by atoms with Gasteiger partial charge in [-0.05, 0) is 66.8 Å². The van der Waals surface area contributed by atoms with Crippen LogP contribution in [0, 0.1) is 5.92 Å². The van der Waals surface area contributed by atoms with Crippen LogP contribution < -0.4 is 39.4 Å². The average molecular weight is 423 g/mol. The Bertz CT molecular complexity index is 994. The zero-order valence-corrected chi connectivity index (χ0v) is 20.2.